The second-order valence-corrected chi connectivity index (χ2v) is 7.88. The van der Waals surface area contributed by atoms with Crippen molar-refractivity contribution in [2.24, 2.45) is 0 Å². The van der Waals surface area contributed by atoms with Crippen LogP contribution in [0.25, 0.3) is 11.4 Å². The Labute approximate surface area is 161 Å². The van der Waals surface area contributed by atoms with Crippen LogP contribution in [0, 0.1) is 6.92 Å². The van der Waals surface area contributed by atoms with Gasteiger partial charge >= 0.3 is 0 Å². The molecular formula is C19H22N4OS2. The summed E-state index contributed by atoms with van der Waals surface area (Å²) in [6.45, 7) is 6.88. The topological polar surface area (TPSA) is 59.8 Å². The zero-order valence-electron chi connectivity index (χ0n) is 15.1. The maximum Gasteiger partial charge on any atom is 0.230 e. The van der Waals surface area contributed by atoms with E-state index in [0.29, 0.717) is 5.75 Å². The molecule has 0 saturated carbocycles. The lowest BCUT2D eigenvalue weighted by Gasteiger charge is -2.12. The van der Waals surface area contributed by atoms with Crippen molar-refractivity contribution >= 4 is 29.0 Å². The molecule has 7 heteroatoms. The van der Waals surface area contributed by atoms with E-state index >= 15 is 0 Å². The van der Waals surface area contributed by atoms with Gasteiger partial charge in [0, 0.05) is 17.0 Å². The van der Waals surface area contributed by atoms with Gasteiger partial charge in [-0.15, -0.1) is 21.5 Å². The van der Waals surface area contributed by atoms with E-state index in [1.807, 2.05) is 36.6 Å². The van der Waals surface area contributed by atoms with Gasteiger partial charge in [-0.25, -0.2) is 0 Å². The third kappa shape index (κ3) is 4.16. The van der Waals surface area contributed by atoms with Crippen LogP contribution in [0.4, 0.5) is 0 Å². The lowest BCUT2D eigenvalue weighted by molar-refractivity contribution is -0.119. The molecule has 5 nitrogen and oxygen atoms in total. The van der Waals surface area contributed by atoms with Gasteiger partial charge in [-0.1, -0.05) is 42.1 Å². The Kier molecular flexibility index (Phi) is 6.11. The molecule has 2 heterocycles. The number of aryl methyl sites for hydroxylation is 1. The van der Waals surface area contributed by atoms with E-state index in [4.69, 9.17) is 0 Å². The van der Waals surface area contributed by atoms with Crippen LogP contribution in [-0.4, -0.2) is 26.4 Å². The number of hydrogen-bond donors (Lipinski definition) is 1. The molecule has 0 unspecified atom stereocenters. The molecule has 0 radical (unpaired) electrons. The van der Waals surface area contributed by atoms with Gasteiger partial charge in [-0.05, 0) is 37.8 Å². The number of rotatable bonds is 7. The first kappa shape index (κ1) is 18.7. The third-order valence-corrected chi connectivity index (χ3v) is 6.12. The Balaban J connectivity index is 1.67. The third-order valence-electron chi connectivity index (χ3n) is 4.10. The molecule has 0 aliphatic rings. The van der Waals surface area contributed by atoms with Crippen molar-refractivity contribution in [2.75, 3.05) is 5.75 Å². The van der Waals surface area contributed by atoms with Gasteiger partial charge in [0.2, 0.25) is 5.91 Å². The fraction of sp³-hybridized carbons (Fsp3) is 0.316. The zero-order valence-corrected chi connectivity index (χ0v) is 16.7. The Morgan fingerprint density at radius 2 is 2.08 bits per heavy atom. The van der Waals surface area contributed by atoms with E-state index in [0.717, 1.165) is 33.5 Å². The highest BCUT2D eigenvalue weighted by molar-refractivity contribution is 7.99. The van der Waals surface area contributed by atoms with E-state index in [2.05, 4.69) is 46.1 Å². The summed E-state index contributed by atoms with van der Waals surface area (Å²) in [6, 6.07) is 12.2. The molecule has 0 aliphatic carbocycles. The van der Waals surface area contributed by atoms with Gasteiger partial charge in [-0.3, -0.25) is 4.79 Å². The fourth-order valence-corrected chi connectivity index (χ4v) is 4.27. The first-order chi connectivity index (χ1) is 12.6. The molecule has 0 bridgehead atoms. The van der Waals surface area contributed by atoms with Crippen LogP contribution < -0.4 is 5.32 Å². The number of thiophene rings is 1. The van der Waals surface area contributed by atoms with Crippen LogP contribution in [-0.2, 0) is 11.3 Å². The van der Waals surface area contributed by atoms with Crippen molar-refractivity contribution in [3.8, 4) is 11.4 Å². The molecule has 0 fully saturated rings. The molecule has 1 amide bonds. The van der Waals surface area contributed by atoms with Crippen molar-refractivity contribution in [2.45, 2.75) is 38.5 Å². The highest BCUT2D eigenvalue weighted by atomic mass is 32.2. The molecule has 3 rings (SSSR count). The van der Waals surface area contributed by atoms with E-state index < -0.39 is 0 Å². The predicted octanol–water partition coefficient (Wildman–Crippen LogP) is 4.30. The minimum atomic E-state index is -0.000931. The van der Waals surface area contributed by atoms with Crippen LogP contribution in [0.2, 0.25) is 0 Å². The molecular weight excluding hydrogens is 364 g/mol. The average Bonchev–Trinajstić information content (AvgIpc) is 3.30. The zero-order chi connectivity index (χ0) is 18.5. The number of nitrogens with zero attached hydrogens (tertiary/aromatic N) is 3. The average molecular weight is 387 g/mol. The van der Waals surface area contributed by atoms with Gasteiger partial charge in [0.15, 0.2) is 11.0 Å². The van der Waals surface area contributed by atoms with Crippen LogP contribution in [0.3, 0.4) is 0 Å². The monoisotopic (exact) mass is 386 g/mol. The number of amides is 1. The summed E-state index contributed by atoms with van der Waals surface area (Å²) in [4.78, 5) is 13.4. The number of hydrogen-bond acceptors (Lipinski definition) is 5. The van der Waals surface area contributed by atoms with Crippen LogP contribution in [0.5, 0.6) is 0 Å². The van der Waals surface area contributed by atoms with Crippen LogP contribution in [0.15, 0.2) is 46.9 Å². The fourth-order valence-electron chi connectivity index (χ4n) is 2.73. The summed E-state index contributed by atoms with van der Waals surface area (Å²) in [5.41, 5.74) is 2.23. The standard InChI is InChI=1S/C19H22N4OS2/c1-4-23-18(15-9-6-5-8-13(15)2)21-22-19(23)26-12-17(24)20-14(3)16-10-7-11-25-16/h5-11,14H,4,12H2,1-3H3,(H,20,24)/t14-/m1/s1. The van der Waals surface area contributed by atoms with Gasteiger partial charge < -0.3 is 9.88 Å². The first-order valence-corrected chi connectivity index (χ1v) is 10.4. The van der Waals surface area contributed by atoms with E-state index in [-0.39, 0.29) is 11.9 Å². The minimum Gasteiger partial charge on any atom is -0.348 e. The minimum absolute atomic E-state index is 0.000931. The molecule has 1 N–H and O–H groups in total. The number of nitrogens with one attached hydrogen (secondary N) is 1. The van der Waals surface area contributed by atoms with Gasteiger partial charge in [0.05, 0.1) is 11.8 Å². The van der Waals surface area contributed by atoms with Crippen molar-refractivity contribution in [3.05, 3.63) is 52.2 Å². The summed E-state index contributed by atoms with van der Waals surface area (Å²) in [5.74, 6) is 1.17. The highest BCUT2D eigenvalue weighted by Crippen LogP contribution is 2.26. The lowest BCUT2D eigenvalue weighted by atomic mass is 10.1. The second-order valence-electron chi connectivity index (χ2n) is 5.96. The molecule has 0 saturated heterocycles. The number of thioether (sulfide) groups is 1. The van der Waals surface area contributed by atoms with Gasteiger partial charge in [0.25, 0.3) is 0 Å². The van der Waals surface area contributed by atoms with E-state index in [9.17, 15) is 4.79 Å². The van der Waals surface area contributed by atoms with E-state index in [1.54, 1.807) is 11.3 Å². The maximum absolute atomic E-state index is 12.3. The van der Waals surface area contributed by atoms with Crippen LogP contribution in [0.1, 0.15) is 30.3 Å². The predicted molar refractivity (Wildman–Crippen MR) is 107 cm³/mol. The van der Waals surface area contributed by atoms with Crippen LogP contribution >= 0.6 is 23.1 Å². The van der Waals surface area contributed by atoms with Gasteiger partial charge in [-0.2, -0.15) is 0 Å². The summed E-state index contributed by atoms with van der Waals surface area (Å²) < 4.78 is 2.06. The SMILES string of the molecule is CCn1c(SCC(=O)N[C@H](C)c2cccs2)nnc1-c1ccccc1C. The van der Waals surface area contributed by atoms with Crippen molar-refractivity contribution in [1.29, 1.82) is 0 Å². The number of carbonyl (C=O) groups is 1. The van der Waals surface area contributed by atoms with Crippen molar-refractivity contribution in [1.82, 2.24) is 20.1 Å². The normalized spacial score (nSPS) is 12.1. The van der Waals surface area contributed by atoms with E-state index in [1.165, 1.54) is 11.8 Å². The maximum atomic E-state index is 12.3. The van der Waals surface area contributed by atoms with Crippen molar-refractivity contribution in [3.63, 3.8) is 0 Å². The molecule has 136 valence electrons. The first-order valence-electron chi connectivity index (χ1n) is 8.55. The largest absolute Gasteiger partial charge is 0.348 e. The Morgan fingerprint density at radius 1 is 1.27 bits per heavy atom. The van der Waals surface area contributed by atoms with Gasteiger partial charge in [0.1, 0.15) is 0 Å². The lowest BCUT2D eigenvalue weighted by Crippen LogP contribution is -2.27. The molecule has 0 aliphatic heterocycles. The Morgan fingerprint density at radius 3 is 2.77 bits per heavy atom. The molecule has 3 aromatic rings. The second kappa shape index (κ2) is 8.51. The van der Waals surface area contributed by atoms with Crippen molar-refractivity contribution < 1.29 is 4.79 Å². The summed E-state index contributed by atoms with van der Waals surface area (Å²) in [6.07, 6.45) is 0. The summed E-state index contributed by atoms with van der Waals surface area (Å²) in [7, 11) is 0. The molecule has 0 spiro atoms. The smallest absolute Gasteiger partial charge is 0.230 e. The Bertz CT molecular complexity index is 874. The number of aromatic nitrogens is 3. The summed E-state index contributed by atoms with van der Waals surface area (Å²) >= 11 is 3.07. The quantitative estimate of drug-likeness (QED) is 0.615. The summed E-state index contributed by atoms with van der Waals surface area (Å²) in [5, 5.41) is 14.5. The highest BCUT2D eigenvalue weighted by Gasteiger charge is 2.16. The number of benzene rings is 1. The molecule has 2 aromatic heterocycles. The molecule has 1 atom stereocenters. The number of carbonyl (C=O) groups excluding carboxylic acids is 1. The Hall–Kier alpha value is -2.12. The molecule has 26 heavy (non-hydrogen) atoms. The molecule has 1 aromatic carbocycles.